The van der Waals surface area contributed by atoms with Gasteiger partial charge in [0.2, 0.25) is 10.0 Å². The maximum Gasteiger partial charge on any atom is 0.261 e. The molecule has 0 saturated carbocycles. The first-order valence-corrected chi connectivity index (χ1v) is 9.84. The van der Waals surface area contributed by atoms with Crippen molar-refractivity contribution in [2.75, 3.05) is 4.72 Å². The SMILES string of the molecule is Cc1cc(NS(=O)(=O)c2ccc(S(N)(=O)=O)cc2)ccc1Br. The molecule has 0 bridgehead atoms. The average Bonchev–Trinajstić information content (AvgIpc) is 2.42. The number of benzene rings is 2. The molecular formula is C13H13BrN2O4S2. The van der Waals surface area contributed by atoms with Gasteiger partial charge >= 0.3 is 0 Å². The second-order valence-corrected chi connectivity index (χ2v) is 8.68. The van der Waals surface area contributed by atoms with Gasteiger partial charge in [-0.3, -0.25) is 4.72 Å². The Morgan fingerprint density at radius 3 is 2.00 bits per heavy atom. The van der Waals surface area contributed by atoms with Crippen LogP contribution in [-0.2, 0) is 20.0 Å². The highest BCUT2D eigenvalue weighted by atomic mass is 79.9. The van der Waals surface area contributed by atoms with Crippen molar-refractivity contribution >= 4 is 41.7 Å². The Kier molecular flexibility index (Phi) is 4.62. The summed E-state index contributed by atoms with van der Waals surface area (Å²) in [6, 6.07) is 9.71. The zero-order valence-electron chi connectivity index (χ0n) is 11.4. The van der Waals surface area contributed by atoms with Crippen molar-refractivity contribution in [2.24, 2.45) is 5.14 Å². The zero-order chi connectivity index (χ0) is 16.5. The molecule has 0 atom stereocenters. The third-order valence-electron chi connectivity index (χ3n) is 2.87. The van der Waals surface area contributed by atoms with Crippen LogP contribution in [0.15, 0.2) is 56.7 Å². The first-order valence-electron chi connectivity index (χ1n) is 6.01. The molecule has 0 saturated heterocycles. The van der Waals surface area contributed by atoms with Crippen molar-refractivity contribution in [1.29, 1.82) is 0 Å². The van der Waals surface area contributed by atoms with E-state index in [1.54, 1.807) is 18.2 Å². The van der Waals surface area contributed by atoms with Gasteiger partial charge in [-0.2, -0.15) is 0 Å². The molecule has 2 aromatic rings. The lowest BCUT2D eigenvalue weighted by molar-refractivity contribution is 0.595. The fraction of sp³-hybridized carbons (Fsp3) is 0.0769. The lowest BCUT2D eigenvalue weighted by Crippen LogP contribution is -2.15. The molecule has 0 amide bonds. The van der Waals surface area contributed by atoms with Gasteiger partial charge in [-0.25, -0.2) is 22.0 Å². The normalized spacial score (nSPS) is 12.1. The topological polar surface area (TPSA) is 106 Å². The molecule has 0 aromatic heterocycles. The molecule has 2 aromatic carbocycles. The number of rotatable bonds is 4. The van der Waals surface area contributed by atoms with Crippen molar-refractivity contribution in [2.45, 2.75) is 16.7 Å². The van der Waals surface area contributed by atoms with Gasteiger partial charge in [0.15, 0.2) is 0 Å². The van der Waals surface area contributed by atoms with Crippen LogP contribution in [0, 0.1) is 6.92 Å². The molecule has 0 spiro atoms. The van der Waals surface area contributed by atoms with Crippen molar-refractivity contribution in [3.8, 4) is 0 Å². The van der Waals surface area contributed by atoms with E-state index in [0.717, 1.165) is 22.2 Å². The maximum absolute atomic E-state index is 12.3. The van der Waals surface area contributed by atoms with Crippen LogP contribution in [0.25, 0.3) is 0 Å². The van der Waals surface area contributed by atoms with E-state index in [1.807, 2.05) is 6.92 Å². The predicted molar refractivity (Wildman–Crippen MR) is 87.5 cm³/mol. The van der Waals surface area contributed by atoms with Crippen molar-refractivity contribution in [3.05, 3.63) is 52.5 Å². The number of primary sulfonamides is 1. The first-order chi connectivity index (χ1) is 10.1. The molecule has 0 fully saturated rings. The molecule has 0 aliphatic rings. The number of hydrogen-bond acceptors (Lipinski definition) is 4. The number of nitrogens with two attached hydrogens (primary N) is 1. The number of hydrogen-bond donors (Lipinski definition) is 2. The predicted octanol–water partition coefficient (Wildman–Crippen LogP) is 2.21. The summed E-state index contributed by atoms with van der Waals surface area (Å²) in [4.78, 5) is -0.202. The zero-order valence-corrected chi connectivity index (χ0v) is 14.7. The number of halogens is 1. The van der Waals surface area contributed by atoms with Gasteiger partial charge in [0.1, 0.15) is 0 Å². The Bertz CT molecular complexity index is 908. The van der Waals surface area contributed by atoms with Crippen LogP contribution in [0.4, 0.5) is 5.69 Å². The fourth-order valence-electron chi connectivity index (χ4n) is 1.73. The summed E-state index contributed by atoms with van der Waals surface area (Å²) in [7, 11) is -7.66. The molecule has 0 aliphatic heterocycles. The Morgan fingerprint density at radius 1 is 0.955 bits per heavy atom. The molecule has 0 radical (unpaired) electrons. The minimum absolute atomic E-state index is 0.0551. The van der Waals surface area contributed by atoms with Gasteiger partial charge in [0, 0.05) is 10.2 Å². The highest BCUT2D eigenvalue weighted by molar-refractivity contribution is 9.10. The largest absolute Gasteiger partial charge is 0.280 e. The van der Waals surface area contributed by atoms with Crippen LogP contribution in [0.3, 0.4) is 0 Å². The monoisotopic (exact) mass is 404 g/mol. The van der Waals surface area contributed by atoms with Gasteiger partial charge in [0.25, 0.3) is 10.0 Å². The molecule has 9 heteroatoms. The minimum atomic E-state index is -3.85. The van der Waals surface area contributed by atoms with Crippen LogP contribution in [0.5, 0.6) is 0 Å². The van der Waals surface area contributed by atoms with E-state index >= 15 is 0 Å². The van der Waals surface area contributed by atoms with E-state index in [9.17, 15) is 16.8 Å². The van der Waals surface area contributed by atoms with E-state index in [-0.39, 0.29) is 9.79 Å². The molecular weight excluding hydrogens is 392 g/mol. The summed E-state index contributed by atoms with van der Waals surface area (Å²) < 4.78 is 50.1. The molecule has 3 N–H and O–H groups in total. The number of nitrogens with one attached hydrogen (secondary N) is 1. The highest BCUT2D eigenvalue weighted by Crippen LogP contribution is 2.23. The molecule has 6 nitrogen and oxygen atoms in total. The first kappa shape index (κ1) is 16.9. The van der Waals surface area contributed by atoms with E-state index in [4.69, 9.17) is 5.14 Å². The molecule has 118 valence electrons. The van der Waals surface area contributed by atoms with Crippen LogP contribution < -0.4 is 9.86 Å². The van der Waals surface area contributed by atoms with Gasteiger partial charge in [0.05, 0.1) is 9.79 Å². The van der Waals surface area contributed by atoms with Crippen LogP contribution in [0.1, 0.15) is 5.56 Å². The fourth-order valence-corrected chi connectivity index (χ4v) is 3.54. The Morgan fingerprint density at radius 2 is 1.50 bits per heavy atom. The lowest BCUT2D eigenvalue weighted by Gasteiger charge is -2.10. The molecule has 22 heavy (non-hydrogen) atoms. The molecule has 0 aliphatic carbocycles. The summed E-state index contributed by atoms with van der Waals surface area (Å²) in [6.07, 6.45) is 0. The summed E-state index contributed by atoms with van der Waals surface area (Å²) in [5.41, 5.74) is 1.29. The van der Waals surface area contributed by atoms with Gasteiger partial charge < -0.3 is 0 Å². The summed E-state index contributed by atoms with van der Waals surface area (Å²) >= 11 is 3.33. The number of anilines is 1. The van der Waals surface area contributed by atoms with Crippen molar-refractivity contribution < 1.29 is 16.8 Å². The molecule has 0 heterocycles. The Hall–Kier alpha value is -1.42. The average molecular weight is 405 g/mol. The second kappa shape index (κ2) is 5.99. The lowest BCUT2D eigenvalue weighted by atomic mass is 10.2. The summed E-state index contributed by atoms with van der Waals surface area (Å²) in [5, 5.41) is 4.97. The van der Waals surface area contributed by atoms with Crippen molar-refractivity contribution in [1.82, 2.24) is 0 Å². The van der Waals surface area contributed by atoms with Gasteiger partial charge in [-0.15, -0.1) is 0 Å². The van der Waals surface area contributed by atoms with Crippen LogP contribution in [0.2, 0.25) is 0 Å². The quantitative estimate of drug-likeness (QED) is 0.813. The van der Waals surface area contributed by atoms with E-state index < -0.39 is 20.0 Å². The second-order valence-electron chi connectivity index (χ2n) is 4.59. The van der Waals surface area contributed by atoms with Gasteiger partial charge in [-0.1, -0.05) is 15.9 Å². The Balaban J connectivity index is 2.32. The van der Waals surface area contributed by atoms with E-state index in [1.165, 1.54) is 12.1 Å². The number of sulfonamides is 2. The van der Waals surface area contributed by atoms with Gasteiger partial charge in [-0.05, 0) is 55.0 Å². The van der Waals surface area contributed by atoms with Crippen LogP contribution in [-0.4, -0.2) is 16.8 Å². The van der Waals surface area contributed by atoms with Crippen LogP contribution >= 0.6 is 15.9 Å². The summed E-state index contributed by atoms with van der Waals surface area (Å²) in [6.45, 7) is 1.84. The van der Waals surface area contributed by atoms with E-state index in [2.05, 4.69) is 20.7 Å². The third-order valence-corrected chi connectivity index (χ3v) is 6.09. The molecule has 2 rings (SSSR count). The Labute approximate surface area is 137 Å². The maximum atomic E-state index is 12.3. The minimum Gasteiger partial charge on any atom is -0.280 e. The number of aryl methyl sites for hydroxylation is 1. The third kappa shape index (κ3) is 3.86. The van der Waals surface area contributed by atoms with E-state index in [0.29, 0.717) is 5.69 Å². The molecule has 0 unspecified atom stereocenters. The smallest absolute Gasteiger partial charge is 0.261 e. The van der Waals surface area contributed by atoms with Crippen molar-refractivity contribution in [3.63, 3.8) is 0 Å². The standard InChI is InChI=1S/C13H13BrN2O4S2/c1-9-8-10(2-7-13(9)14)16-22(19,20)12-5-3-11(4-6-12)21(15,17)18/h2-8,16H,1H3,(H2,15,17,18). The summed E-state index contributed by atoms with van der Waals surface area (Å²) in [5.74, 6) is 0. The highest BCUT2D eigenvalue weighted by Gasteiger charge is 2.16.